The third kappa shape index (κ3) is 6.22. The number of hydrogen-bond acceptors (Lipinski definition) is 2. The molecule has 0 saturated heterocycles. The molecular formula is C29H35FN2O. The fraction of sp³-hybridized carbons (Fsp3) is 0.345. The first kappa shape index (κ1) is 24.5. The molecule has 3 nitrogen and oxygen atoms in total. The summed E-state index contributed by atoms with van der Waals surface area (Å²) >= 11 is 0. The molecule has 4 heteroatoms. The summed E-state index contributed by atoms with van der Waals surface area (Å²) in [5.74, 6) is -0.245. The maximum absolute atomic E-state index is 13.8. The van der Waals surface area contributed by atoms with Gasteiger partial charge in [-0.15, -0.1) is 0 Å². The van der Waals surface area contributed by atoms with Crippen LogP contribution < -0.4 is 4.90 Å². The van der Waals surface area contributed by atoms with Crippen molar-refractivity contribution in [1.82, 2.24) is 4.90 Å². The Morgan fingerprint density at radius 2 is 1.48 bits per heavy atom. The van der Waals surface area contributed by atoms with Gasteiger partial charge in [-0.3, -0.25) is 4.79 Å². The van der Waals surface area contributed by atoms with E-state index in [-0.39, 0.29) is 17.1 Å². The van der Waals surface area contributed by atoms with Gasteiger partial charge in [0.05, 0.1) is 11.3 Å². The highest BCUT2D eigenvalue weighted by molar-refractivity contribution is 6.00. The van der Waals surface area contributed by atoms with Gasteiger partial charge in [0.1, 0.15) is 5.82 Å². The summed E-state index contributed by atoms with van der Waals surface area (Å²) in [6.45, 7) is 9.68. The van der Waals surface area contributed by atoms with Gasteiger partial charge in [0.2, 0.25) is 0 Å². The number of aryl methyl sites for hydroxylation is 1. The first-order chi connectivity index (χ1) is 15.6. The highest BCUT2D eigenvalue weighted by atomic mass is 19.1. The van der Waals surface area contributed by atoms with E-state index in [1.165, 1.54) is 17.7 Å². The predicted octanol–water partition coefficient (Wildman–Crippen LogP) is 6.38. The van der Waals surface area contributed by atoms with Gasteiger partial charge in [0, 0.05) is 27.2 Å². The Hall–Kier alpha value is -3.14. The van der Waals surface area contributed by atoms with E-state index in [4.69, 9.17) is 0 Å². The minimum atomic E-state index is -0.249. The molecule has 0 aliphatic carbocycles. The van der Waals surface area contributed by atoms with E-state index in [2.05, 4.69) is 45.0 Å². The Balaban J connectivity index is 1.90. The van der Waals surface area contributed by atoms with E-state index in [1.807, 2.05) is 49.0 Å². The fourth-order valence-electron chi connectivity index (χ4n) is 4.09. The van der Waals surface area contributed by atoms with Crippen molar-refractivity contribution < 1.29 is 9.18 Å². The summed E-state index contributed by atoms with van der Waals surface area (Å²) in [4.78, 5) is 17.7. The van der Waals surface area contributed by atoms with E-state index in [0.717, 1.165) is 22.4 Å². The summed E-state index contributed by atoms with van der Waals surface area (Å²) in [5.41, 5.74) is 6.16. The molecule has 0 unspecified atom stereocenters. The Morgan fingerprint density at radius 3 is 2.06 bits per heavy atom. The zero-order valence-electron chi connectivity index (χ0n) is 20.7. The highest BCUT2D eigenvalue weighted by Crippen LogP contribution is 2.26. The molecule has 0 bridgehead atoms. The molecule has 0 heterocycles. The highest BCUT2D eigenvalue weighted by Gasteiger charge is 2.22. The lowest BCUT2D eigenvalue weighted by Crippen LogP contribution is -2.33. The van der Waals surface area contributed by atoms with Crippen molar-refractivity contribution in [2.75, 3.05) is 25.5 Å². The van der Waals surface area contributed by atoms with Gasteiger partial charge in [-0.1, -0.05) is 69.3 Å². The van der Waals surface area contributed by atoms with Crippen LogP contribution in [0.3, 0.4) is 0 Å². The predicted molar refractivity (Wildman–Crippen MR) is 135 cm³/mol. The van der Waals surface area contributed by atoms with Crippen molar-refractivity contribution in [3.05, 3.63) is 100 Å². The SMILES string of the molecule is Cc1cccc(C(=O)N(CCc2ccc(F)cc2)Cc2ccc(C(C)(C)C)cc2)c1N(C)C. The number of benzene rings is 3. The van der Waals surface area contributed by atoms with Gasteiger partial charge < -0.3 is 9.80 Å². The van der Waals surface area contributed by atoms with Crippen LogP contribution >= 0.6 is 0 Å². The summed E-state index contributed by atoms with van der Waals surface area (Å²) in [7, 11) is 3.93. The standard InChI is InChI=1S/C29H35FN2O/c1-21-8-7-9-26(27(21)31(5)6)28(33)32(19-18-22-12-16-25(30)17-13-22)20-23-10-14-24(15-11-23)29(2,3)4/h7-17H,18-20H2,1-6H3. The average molecular weight is 447 g/mol. The zero-order chi connectivity index (χ0) is 24.2. The van der Waals surface area contributed by atoms with Crippen molar-refractivity contribution in [2.24, 2.45) is 0 Å². The van der Waals surface area contributed by atoms with Gasteiger partial charge in [0.15, 0.2) is 0 Å². The van der Waals surface area contributed by atoms with Crippen molar-refractivity contribution in [1.29, 1.82) is 0 Å². The Kier molecular flexibility index (Phi) is 7.57. The van der Waals surface area contributed by atoms with Crippen LogP contribution in [0.5, 0.6) is 0 Å². The van der Waals surface area contributed by atoms with Crippen LogP contribution in [0.25, 0.3) is 0 Å². The summed E-state index contributed by atoms with van der Waals surface area (Å²) < 4.78 is 13.3. The summed E-state index contributed by atoms with van der Waals surface area (Å²) in [6.07, 6.45) is 0.662. The van der Waals surface area contributed by atoms with Crippen LogP contribution in [0.4, 0.5) is 10.1 Å². The molecule has 3 aromatic rings. The molecule has 1 amide bonds. The number of nitrogens with zero attached hydrogens (tertiary/aromatic N) is 2. The second-order valence-electron chi connectivity index (χ2n) is 9.92. The van der Waals surface area contributed by atoms with Gasteiger partial charge in [-0.05, 0) is 59.2 Å². The molecule has 0 fully saturated rings. The Labute approximate surface area is 197 Å². The molecule has 0 N–H and O–H groups in total. The second-order valence-corrected chi connectivity index (χ2v) is 9.92. The smallest absolute Gasteiger partial charge is 0.256 e. The molecule has 174 valence electrons. The Bertz CT molecular complexity index is 1080. The number of hydrogen-bond donors (Lipinski definition) is 0. The quantitative estimate of drug-likeness (QED) is 0.420. The molecular weight excluding hydrogens is 411 g/mol. The van der Waals surface area contributed by atoms with E-state index in [0.29, 0.717) is 25.1 Å². The van der Waals surface area contributed by atoms with Crippen molar-refractivity contribution in [3.8, 4) is 0 Å². The molecule has 0 saturated carbocycles. The molecule has 0 aliphatic rings. The number of para-hydroxylation sites is 1. The summed E-state index contributed by atoms with van der Waals surface area (Å²) in [5, 5.41) is 0. The van der Waals surface area contributed by atoms with Gasteiger partial charge in [-0.2, -0.15) is 0 Å². The molecule has 3 rings (SSSR count). The number of anilines is 1. The van der Waals surface area contributed by atoms with Gasteiger partial charge in [-0.25, -0.2) is 4.39 Å². The number of carbonyl (C=O) groups is 1. The number of halogens is 1. The first-order valence-electron chi connectivity index (χ1n) is 11.5. The maximum Gasteiger partial charge on any atom is 0.256 e. The minimum absolute atomic E-state index is 0.00408. The van der Waals surface area contributed by atoms with Crippen molar-refractivity contribution in [2.45, 2.75) is 46.1 Å². The fourth-order valence-corrected chi connectivity index (χ4v) is 4.09. The minimum Gasteiger partial charge on any atom is -0.377 e. The second kappa shape index (κ2) is 10.2. The topological polar surface area (TPSA) is 23.6 Å². The van der Waals surface area contributed by atoms with Gasteiger partial charge in [0.25, 0.3) is 5.91 Å². The number of carbonyl (C=O) groups excluding carboxylic acids is 1. The normalized spacial score (nSPS) is 11.4. The maximum atomic E-state index is 13.8. The number of amides is 1. The molecule has 0 radical (unpaired) electrons. The van der Waals surface area contributed by atoms with E-state index >= 15 is 0 Å². The average Bonchev–Trinajstić information content (AvgIpc) is 2.76. The third-order valence-corrected chi connectivity index (χ3v) is 5.98. The van der Waals surface area contributed by atoms with E-state index < -0.39 is 0 Å². The van der Waals surface area contributed by atoms with Crippen LogP contribution in [-0.4, -0.2) is 31.4 Å². The first-order valence-corrected chi connectivity index (χ1v) is 11.5. The molecule has 0 spiro atoms. The van der Waals surface area contributed by atoms with Gasteiger partial charge >= 0.3 is 0 Å². The molecule has 0 aliphatic heterocycles. The lowest BCUT2D eigenvalue weighted by molar-refractivity contribution is 0.0745. The third-order valence-electron chi connectivity index (χ3n) is 5.98. The van der Waals surface area contributed by atoms with E-state index in [9.17, 15) is 9.18 Å². The summed E-state index contributed by atoms with van der Waals surface area (Å²) in [6, 6.07) is 20.9. The Morgan fingerprint density at radius 1 is 0.879 bits per heavy atom. The van der Waals surface area contributed by atoms with Crippen LogP contribution in [-0.2, 0) is 18.4 Å². The van der Waals surface area contributed by atoms with Crippen LogP contribution in [0.2, 0.25) is 0 Å². The molecule has 0 atom stereocenters. The van der Waals surface area contributed by atoms with Crippen LogP contribution in [0.1, 0.15) is 53.4 Å². The lowest BCUT2D eigenvalue weighted by Gasteiger charge is -2.27. The van der Waals surface area contributed by atoms with E-state index in [1.54, 1.807) is 12.1 Å². The zero-order valence-corrected chi connectivity index (χ0v) is 20.7. The van der Waals surface area contributed by atoms with Crippen molar-refractivity contribution in [3.63, 3.8) is 0 Å². The largest absolute Gasteiger partial charge is 0.377 e. The molecule has 0 aromatic heterocycles. The monoisotopic (exact) mass is 446 g/mol. The molecule has 33 heavy (non-hydrogen) atoms. The van der Waals surface area contributed by atoms with Crippen LogP contribution in [0, 0.1) is 12.7 Å². The van der Waals surface area contributed by atoms with Crippen molar-refractivity contribution >= 4 is 11.6 Å². The number of rotatable bonds is 7. The lowest BCUT2D eigenvalue weighted by atomic mass is 9.87. The van der Waals surface area contributed by atoms with Crippen LogP contribution in [0.15, 0.2) is 66.7 Å². The molecule has 3 aromatic carbocycles.